The third kappa shape index (κ3) is 5.58. The van der Waals surface area contributed by atoms with Crippen LogP contribution >= 0.6 is 0 Å². The van der Waals surface area contributed by atoms with Crippen molar-refractivity contribution in [2.75, 3.05) is 20.8 Å². The van der Waals surface area contributed by atoms with Gasteiger partial charge in [0.25, 0.3) is 0 Å². The van der Waals surface area contributed by atoms with Crippen LogP contribution in [0.15, 0.2) is 18.2 Å². The predicted molar refractivity (Wildman–Crippen MR) is 89.3 cm³/mol. The Balaban J connectivity index is 2.89. The minimum atomic E-state index is 0.299. The molecule has 1 rings (SSSR count). The van der Waals surface area contributed by atoms with Crippen LogP contribution in [-0.2, 0) is 0 Å². The number of nitrogens with one attached hydrogen (secondary N) is 1. The van der Waals surface area contributed by atoms with Gasteiger partial charge >= 0.3 is 0 Å². The van der Waals surface area contributed by atoms with E-state index in [0.717, 1.165) is 36.4 Å². The molecule has 3 heteroatoms. The Bertz CT molecular complexity index is 371. The van der Waals surface area contributed by atoms with E-state index in [1.54, 1.807) is 14.2 Å². The van der Waals surface area contributed by atoms with Gasteiger partial charge in [0.15, 0.2) is 0 Å². The van der Waals surface area contributed by atoms with Crippen molar-refractivity contribution in [2.24, 2.45) is 0 Å². The highest BCUT2D eigenvalue weighted by Gasteiger charge is 2.19. The lowest BCUT2D eigenvalue weighted by atomic mass is 9.98. The summed E-state index contributed by atoms with van der Waals surface area (Å²) >= 11 is 0. The molecule has 0 aliphatic heterocycles. The quantitative estimate of drug-likeness (QED) is 0.599. The van der Waals surface area contributed by atoms with Crippen LogP contribution in [0.2, 0.25) is 0 Å². The number of hydrogen-bond donors (Lipinski definition) is 1. The molecule has 0 saturated heterocycles. The van der Waals surface area contributed by atoms with Gasteiger partial charge < -0.3 is 14.8 Å². The number of unbranched alkanes of at least 4 members (excludes halogenated alkanes) is 3. The first-order chi connectivity index (χ1) is 10.3. The molecule has 0 aliphatic rings. The van der Waals surface area contributed by atoms with Crippen molar-refractivity contribution in [1.29, 1.82) is 0 Å². The highest BCUT2D eigenvalue weighted by molar-refractivity contribution is 5.47. The normalized spacial score (nSPS) is 12.2. The zero-order valence-corrected chi connectivity index (χ0v) is 14.1. The van der Waals surface area contributed by atoms with E-state index in [1.807, 2.05) is 18.2 Å². The molecule has 21 heavy (non-hydrogen) atoms. The van der Waals surface area contributed by atoms with E-state index in [-0.39, 0.29) is 0 Å². The Kier molecular flexibility index (Phi) is 8.91. The Morgan fingerprint density at radius 2 is 1.62 bits per heavy atom. The van der Waals surface area contributed by atoms with Crippen LogP contribution in [0.5, 0.6) is 11.5 Å². The summed E-state index contributed by atoms with van der Waals surface area (Å²) < 4.78 is 11.1. The molecule has 3 nitrogen and oxygen atoms in total. The third-order valence-electron chi connectivity index (χ3n) is 3.80. The Labute approximate surface area is 130 Å². The highest BCUT2D eigenvalue weighted by Crippen LogP contribution is 2.36. The van der Waals surface area contributed by atoms with E-state index in [0.29, 0.717) is 6.04 Å². The van der Waals surface area contributed by atoms with E-state index in [9.17, 15) is 0 Å². The maximum atomic E-state index is 5.56. The number of ether oxygens (including phenoxy) is 2. The summed E-state index contributed by atoms with van der Waals surface area (Å²) in [6.45, 7) is 5.45. The van der Waals surface area contributed by atoms with Gasteiger partial charge in [-0.25, -0.2) is 0 Å². The molecule has 0 aliphatic carbocycles. The van der Waals surface area contributed by atoms with Crippen LogP contribution in [0, 0.1) is 0 Å². The maximum absolute atomic E-state index is 5.56. The van der Waals surface area contributed by atoms with Crippen molar-refractivity contribution in [3.05, 3.63) is 23.8 Å². The molecule has 0 heterocycles. The van der Waals surface area contributed by atoms with Crippen molar-refractivity contribution >= 4 is 0 Å². The van der Waals surface area contributed by atoms with E-state index in [1.165, 1.54) is 25.7 Å². The number of methoxy groups -OCH3 is 2. The zero-order valence-electron chi connectivity index (χ0n) is 14.1. The molecule has 0 fully saturated rings. The first-order valence-corrected chi connectivity index (χ1v) is 8.22. The SMILES string of the molecule is CCCCCCC(NCCC)c1c(OC)cccc1OC. The highest BCUT2D eigenvalue weighted by atomic mass is 16.5. The van der Waals surface area contributed by atoms with Crippen LogP contribution in [-0.4, -0.2) is 20.8 Å². The van der Waals surface area contributed by atoms with Gasteiger partial charge in [0.2, 0.25) is 0 Å². The monoisotopic (exact) mass is 293 g/mol. The average molecular weight is 293 g/mol. The Morgan fingerprint density at radius 3 is 2.14 bits per heavy atom. The second-order valence-electron chi connectivity index (χ2n) is 5.43. The van der Waals surface area contributed by atoms with Crippen molar-refractivity contribution in [3.8, 4) is 11.5 Å². The van der Waals surface area contributed by atoms with Crippen LogP contribution in [0.4, 0.5) is 0 Å². The standard InChI is InChI=1S/C18H31NO2/c1-5-7-8-9-11-15(19-14-6-2)18-16(20-3)12-10-13-17(18)21-4/h10,12-13,15,19H,5-9,11,14H2,1-4H3. The van der Waals surface area contributed by atoms with E-state index < -0.39 is 0 Å². The minimum absolute atomic E-state index is 0.299. The number of hydrogen-bond acceptors (Lipinski definition) is 3. The Morgan fingerprint density at radius 1 is 0.952 bits per heavy atom. The largest absolute Gasteiger partial charge is 0.496 e. The van der Waals surface area contributed by atoms with Gasteiger partial charge in [-0.1, -0.05) is 45.6 Å². The van der Waals surface area contributed by atoms with Gasteiger partial charge in [-0.15, -0.1) is 0 Å². The molecule has 1 atom stereocenters. The smallest absolute Gasteiger partial charge is 0.127 e. The zero-order chi connectivity index (χ0) is 15.5. The summed E-state index contributed by atoms with van der Waals surface area (Å²) in [6, 6.07) is 6.32. The molecule has 0 bridgehead atoms. The van der Waals surface area contributed by atoms with Crippen molar-refractivity contribution in [1.82, 2.24) is 5.32 Å². The summed E-state index contributed by atoms with van der Waals surface area (Å²) in [4.78, 5) is 0. The van der Waals surface area contributed by atoms with Crippen molar-refractivity contribution < 1.29 is 9.47 Å². The first-order valence-electron chi connectivity index (χ1n) is 8.22. The van der Waals surface area contributed by atoms with Gasteiger partial charge in [-0.05, 0) is 31.5 Å². The van der Waals surface area contributed by atoms with E-state index in [4.69, 9.17) is 9.47 Å². The predicted octanol–water partition coefficient (Wildman–Crippen LogP) is 4.71. The van der Waals surface area contributed by atoms with Crippen LogP contribution < -0.4 is 14.8 Å². The molecular weight excluding hydrogens is 262 g/mol. The average Bonchev–Trinajstić information content (AvgIpc) is 2.53. The Hall–Kier alpha value is -1.22. The topological polar surface area (TPSA) is 30.5 Å². The molecule has 1 aromatic rings. The summed E-state index contributed by atoms with van der Waals surface area (Å²) in [7, 11) is 3.46. The third-order valence-corrected chi connectivity index (χ3v) is 3.80. The lowest BCUT2D eigenvalue weighted by Crippen LogP contribution is -2.23. The summed E-state index contributed by atoms with van der Waals surface area (Å²) in [5.74, 6) is 1.83. The molecule has 0 aromatic heterocycles. The molecule has 1 unspecified atom stereocenters. The lowest BCUT2D eigenvalue weighted by molar-refractivity contribution is 0.362. The molecule has 0 amide bonds. The molecule has 1 N–H and O–H groups in total. The molecular formula is C18H31NO2. The second-order valence-corrected chi connectivity index (χ2v) is 5.43. The number of benzene rings is 1. The van der Waals surface area contributed by atoms with Gasteiger partial charge in [0, 0.05) is 6.04 Å². The molecule has 0 saturated carbocycles. The van der Waals surface area contributed by atoms with E-state index >= 15 is 0 Å². The fraction of sp³-hybridized carbons (Fsp3) is 0.667. The maximum Gasteiger partial charge on any atom is 0.127 e. The van der Waals surface area contributed by atoms with Crippen molar-refractivity contribution in [2.45, 2.75) is 58.4 Å². The fourth-order valence-corrected chi connectivity index (χ4v) is 2.67. The van der Waals surface area contributed by atoms with Gasteiger partial charge in [-0.3, -0.25) is 0 Å². The molecule has 1 aromatic carbocycles. The first kappa shape index (κ1) is 17.8. The van der Waals surface area contributed by atoms with Gasteiger partial charge in [0.1, 0.15) is 11.5 Å². The van der Waals surface area contributed by atoms with Gasteiger partial charge in [0.05, 0.1) is 19.8 Å². The van der Waals surface area contributed by atoms with E-state index in [2.05, 4.69) is 19.2 Å². The summed E-state index contributed by atoms with van der Waals surface area (Å²) in [6.07, 6.45) is 7.35. The molecule has 0 spiro atoms. The molecule has 120 valence electrons. The second kappa shape index (κ2) is 10.5. The number of rotatable bonds is 11. The molecule has 0 radical (unpaired) electrons. The van der Waals surface area contributed by atoms with Crippen molar-refractivity contribution in [3.63, 3.8) is 0 Å². The fourth-order valence-electron chi connectivity index (χ4n) is 2.67. The van der Waals surface area contributed by atoms with Crippen LogP contribution in [0.3, 0.4) is 0 Å². The lowest BCUT2D eigenvalue weighted by Gasteiger charge is -2.23. The minimum Gasteiger partial charge on any atom is -0.496 e. The van der Waals surface area contributed by atoms with Crippen LogP contribution in [0.25, 0.3) is 0 Å². The summed E-state index contributed by atoms with van der Waals surface area (Å²) in [5.41, 5.74) is 1.16. The summed E-state index contributed by atoms with van der Waals surface area (Å²) in [5, 5.41) is 3.65. The van der Waals surface area contributed by atoms with Crippen LogP contribution in [0.1, 0.15) is 64.0 Å². The van der Waals surface area contributed by atoms with Gasteiger partial charge in [-0.2, -0.15) is 0 Å².